The maximum absolute atomic E-state index is 11.9. The van der Waals surface area contributed by atoms with Gasteiger partial charge in [-0.2, -0.15) is 5.10 Å². The Morgan fingerprint density at radius 2 is 2.00 bits per heavy atom. The highest BCUT2D eigenvalue weighted by Crippen LogP contribution is 2.22. The summed E-state index contributed by atoms with van der Waals surface area (Å²) in [6.45, 7) is -0.127. The van der Waals surface area contributed by atoms with Gasteiger partial charge in [-0.3, -0.25) is 9.59 Å². The third kappa shape index (κ3) is 2.78. The molecule has 1 aromatic carbocycles. The second-order valence-electron chi connectivity index (χ2n) is 3.57. The van der Waals surface area contributed by atoms with Crippen molar-refractivity contribution in [3.63, 3.8) is 0 Å². The molecule has 1 aromatic heterocycles. The van der Waals surface area contributed by atoms with Crippen LogP contribution in [-0.2, 0) is 6.54 Å². The summed E-state index contributed by atoms with van der Waals surface area (Å²) in [4.78, 5) is 23.3. The topological polar surface area (TPSA) is 52.0 Å². The molecule has 0 aliphatic carbocycles. The Balaban J connectivity index is 2.25. The van der Waals surface area contributed by atoms with E-state index in [4.69, 9.17) is 23.2 Å². The first-order valence-corrected chi connectivity index (χ1v) is 5.84. The summed E-state index contributed by atoms with van der Waals surface area (Å²) >= 11 is 11.6. The number of halogens is 2. The van der Waals surface area contributed by atoms with Gasteiger partial charge in [-0.25, -0.2) is 4.68 Å². The SMILES string of the molecule is O=C(Cn1ncccc1=O)c1ccc(Cl)c(Cl)c1. The lowest BCUT2D eigenvalue weighted by atomic mass is 10.1. The number of hydrogen-bond donors (Lipinski definition) is 0. The minimum absolute atomic E-state index is 0.127. The molecule has 92 valence electrons. The average Bonchev–Trinajstić information content (AvgIpc) is 2.35. The Bertz CT molecular complexity index is 653. The molecule has 0 saturated heterocycles. The van der Waals surface area contributed by atoms with Gasteiger partial charge >= 0.3 is 0 Å². The van der Waals surface area contributed by atoms with E-state index < -0.39 is 0 Å². The van der Waals surface area contributed by atoms with Crippen molar-refractivity contribution in [2.24, 2.45) is 0 Å². The molecule has 4 nitrogen and oxygen atoms in total. The van der Waals surface area contributed by atoms with Crippen molar-refractivity contribution in [2.75, 3.05) is 0 Å². The van der Waals surface area contributed by atoms with E-state index in [-0.39, 0.29) is 17.9 Å². The minimum atomic E-state index is -0.328. The smallest absolute Gasteiger partial charge is 0.267 e. The molecule has 0 atom stereocenters. The van der Waals surface area contributed by atoms with Gasteiger partial charge in [0.2, 0.25) is 0 Å². The van der Waals surface area contributed by atoms with Crippen molar-refractivity contribution < 1.29 is 4.79 Å². The summed E-state index contributed by atoms with van der Waals surface area (Å²) in [5.74, 6) is -0.255. The fourth-order valence-electron chi connectivity index (χ4n) is 1.40. The normalized spacial score (nSPS) is 10.3. The molecule has 1 heterocycles. The molecule has 0 aliphatic rings. The minimum Gasteiger partial charge on any atom is -0.292 e. The summed E-state index contributed by atoms with van der Waals surface area (Å²) in [6.07, 6.45) is 1.45. The van der Waals surface area contributed by atoms with E-state index in [1.807, 2.05) is 0 Å². The van der Waals surface area contributed by atoms with Gasteiger partial charge in [0.1, 0.15) is 6.54 Å². The molecule has 0 amide bonds. The van der Waals surface area contributed by atoms with Crippen LogP contribution in [0.2, 0.25) is 10.0 Å². The van der Waals surface area contributed by atoms with Gasteiger partial charge in [0.15, 0.2) is 5.78 Å². The zero-order valence-electron chi connectivity index (χ0n) is 9.14. The highest BCUT2D eigenvalue weighted by atomic mass is 35.5. The maximum Gasteiger partial charge on any atom is 0.267 e. The van der Waals surface area contributed by atoms with Gasteiger partial charge < -0.3 is 0 Å². The summed E-state index contributed by atoms with van der Waals surface area (Å²) in [5.41, 5.74) is 0.0628. The molecule has 0 radical (unpaired) electrons. The predicted molar refractivity (Wildman–Crippen MR) is 69.3 cm³/mol. The molecule has 0 aliphatic heterocycles. The molecule has 18 heavy (non-hydrogen) atoms. The first-order valence-electron chi connectivity index (χ1n) is 5.08. The van der Waals surface area contributed by atoms with Gasteiger partial charge in [-0.1, -0.05) is 23.2 Å². The van der Waals surface area contributed by atoms with Crippen LogP contribution in [0.5, 0.6) is 0 Å². The highest BCUT2D eigenvalue weighted by molar-refractivity contribution is 6.42. The highest BCUT2D eigenvalue weighted by Gasteiger charge is 2.10. The van der Waals surface area contributed by atoms with Gasteiger partial charge in [0.25, 0.3) is 5.56 Å². The van der Waals surface area contributed by atoms with Gasteiger partial charge in [-0.15, -0.1) is 0 Å². The lowest BCUT2D eigenvalue weighted by Gasteiger charge is -2.04. The number of hydrogen-bond acceptors (Lipinski definition) is 3. The van der Waals surface area contributed by atoms with Crippen LogP contribution in [0.1, 0.15) is 10.4 Å². The van der Waals surface area contributed by atoms with Crippen molar-refractivity contribution in [3.8, 4) is 0 Å². The molecule has 0 spiro atoms. The van der Waals surface area contributed by atoms with Crippen LogP contribution in [0.15, 0.2) is 41.3 Å². The lowest BCUT2D eigenvalue weighted by molar-refractivity contribution is 0.0965. The molecule has 0 saturated carbocycles. The second-order valence-corrected chi connectivity index (χ2v) is 4.39. The molecule has 0 unspecified atom stereocenters. The Morgan fingerprint density at radius 3 is 2.67 bits per heavy atom. The van der Waals surface area contributed by atoms with Crippen LogP contribution in [0, 0.1) is 0 Å². The Morgan fingerprint density at radius 1 is 1.22 bits per heavy atom. The van der Waals surface area contributed by atoms with Crippen LogP contribution in [-0.4, -0.2) is 15.6 Å². The van der Waals surface area contributed by atoms with Crippen LogP contribution in [0.3, 0.4) is 0 Å². The van der Waals surface area contributed by atoms with Crippen molar-refractivity contribution >= 4 is 29.0 Å². The van der Waals surface area contributed by atoms with E-state index >= 15 is 0 Å². The fourth-order valence-corrected chi connectivity index (χ4v) is 1.70. The predicted octanol–water partition coefficient (Wildman–Crippen LogP) is 2.43. The van der Waals surface area contributed by atoms with Crippen LogP contribution in [0.4, 0.5) is 0 Å². The van der Waals surface area contributed by atoms with E-state index in [9.17, 15) is 9.59 Å². The van der Waals surface area contributed by atoms with E-state index in [0.29, 0.717) is 15.6 Å². The Labute approximate surface area is 113 Å². The molecule has 2 rings (SSSR count). The van der Waals surface area contributed by atoms with E-state index in [1.165, 1.54) is 30.5 Å². The number of Topliss-reactive ketones (excluding diaryl/α,β-unsaturated/α-hetero) is 1. The van der Waals surface area contributed by atoms with Gasteiger partial charge in [-0.05, 0) is 24.3 Å². The van der Waals surface area contributed by atoms with Gasteiger partial charge in [0.05, 0.1) is 10.0 Å². The van der Waals surface area contributed by atoms with E-state index in [1.54, 1.807) is 6.07 Å². The summed E-state index contributed by atoms with van der Waals surface area (Å²) in [6, 6.07) is 7.43. The summed E-state index contributed by atoms with van der Waals surface area (Å²) in [7, 11) is 0. The third-order valence-electron chi connectivity index (χ3n) is 2.32. The average molecular weight is 283 g/mol. The monoisotopic (exact) mass is 282 g/mol. The first kappa shape index (κ1) is 12.8. The number of carbonyl (C=O) groups is 1. The number of ketones is 1. The van der Waals surface area contributed by atoms with Crippen molar-refractivity contribution in [1.82, 2.24) is 9.78 Å². The molecule has 2 aromatic rings. The molecule has 0 fully saturated rings. The zero-order valence-corrected chi connectivity index (χ0v) is 10.6. The lowest BCUT2D eigenvalue weighted by Crippen LogP contribution is -2.25. The molecular weight excluding hydrogens is 275 g/mol. The van der Waals surface area contributed by atoms with E-state index in [0.717, 1.165) is 4.68 Å². The largest absolute Gasteiger partial charge is 0.292 e. The summed E-state index contributed by atoms with van der Waals surface area (Å²) < 4.78 is 1.09. The van der Waals surface area contributed by atoms with Crippen LogP contribution < -0.4 is 5.56 Å². The summed E-state index contributed by atoms with van der Waals surface area (Å²) in [5, 5.41) is 4.49. The molecular formula is C12H8Cl2N2O2. The van der Waals surface area contributed by atoms with E-state index in [2.05, 4.69) is 5.10 Å². The molecule has 0 bridgehead atoms. The van der Waals surface area contributed by atoms with Crippen LogP contribution >= 0.6 is 23.2 Å². The number of aromatic nitrogens is 2. The maximum atomic E-state index is 11.9. The van der Waals surface area contributed by atoms with Crippen molar-refractivity contribution in [1.29, 1.82) is 0 Å². The number of carbonyl (C=O) groups excluding carboxylic acids is 1. The third-order valence-corrected chi connectivity index (χ3v) is 3.06. The van der Waals surface area contributed by atoms with Crippen molar-refractivity contribution in [2.45, 2.75) is 6.54 Å². The zero-order chi connectivity index (χ0) is 13.1. The van der Waals surface area contributed by atoms with Crippen molar-refractivity contribution in [3.05, 3.63) is 62.5 Å². The van der Waals surface area contributed by atoms with Gasteiger partial charge in [0, 0.05) is 17.8 Å². The standard InChI is InChI=1S/C12H8Cl2N2O2/c13-9-4-3-8(6-10(9)14)11(17)7-16-12(18)2-1-5-15-16/h1-6H,7H2. The number of rotatable bonds is 3. The molecule has 6 heteroatoms. The second kappa shape index (κ2) is 5.33. The Kier molecular flexibility index (Phi) is 3.79. The first-order chi connectivity index (χ1) is 8.58. The number of benzene rings is 1. The number of nitrogens with zero attached hydrogens (tertiary/aromatic N) is 2. The fraction of sp³-hybridized carbons (Fsp3) is 0.0833. The quantitative estimate of drug-likeness (QED) is 0.813. The molecule has 0 N–H and O–H groups in total. The Hall–Kier alpha value is -1.65. The van der Waals surface area contributed by atoms with Crippen LogP contribution in [0.25, 0.3) is 0 Å².